The summed E-state index contributed by atoms with van der Waals surface area (Å²) in [6.45, 7) is 1.89. The van der Waals surface area contributed by atoms with E-state index in [0.29, 0.717) is 31.5 Å². The van der Waals surface area contributed by atoms with Gasteiger partial charge in [-0.1, -0.05) is 18.6 Å². The van der Waals surface area contributed by atoms with Gasteiger partial charge in [0.05, 0.1) is 19.8 Å². The van der Waals surface area contributed by atoms with E-state index < -0.39 is 0 Å². The zero-order chi connectivity index (χ0) is 18.7. The molecule has 0 spiro atoms. The van der Waals surface area contributed by atoms with Crippen molar-refractivity contribution in [3.05, 3.63) is 53.8 Å². The van der Waals surface area contributed by atoms with Crippen LogP contribution in [0.2, 0.25) is 0 Å². The molecule has 0 amide bonds. The SMILES string of the molecule is NC(=NCC1(c2ccc(F)cc2)CCC1)Nc1ccc2c(c1)OCCCO2. The number of hydrogen-bond acceptors (Lipinski definition) is 3. The van der Waals surface area contributed by atoms with Gasteiger partial charge in [0.1, 0.15) is 5.82 Å². The van der Waals surface area contributed by atoms with Crippen molar-refractivity contribution < 1.29 is 13.9 Å². The maximum absolute atomic E-state index is 13.2. The fourth-order valence-electron chi connectivity index (χ4n) is 3.61. The second-order valence-electron chi connectivity index (χ2n) is 7.18. The fourth-order valence-corrected chi connectivity index (χ4v) is 3.61. The van der Waals surface area contributed by atoms with Crippen LogP contribution in [0.15, 0.2) is 47.5 Å². The van der Waals surface area contributed by atoms with Crippen LogP contribution in [-0.4, -0.2) is 25.7 Å². The van der Waals surface area contributed by atoms with E-state index >= 15 is 0 Å². The molecule has 142 valence electrons. The van der Waals surface area contributed by atoms with Crippen molar-refractivity contribution in [2.75, 3.05) is 25.1 Å². The van der Waals surface area contributed by atoms with Crippen molar-refractivity contribution in [3.63, 3.8) is 0 Å². The molecule has 1 heterocycles. The number of nitrogens with zero attached hydrogens (tertiary/aromatic N) is 1. The molecule has 1 fully saturated rings. The Kier molecular flexibility index (Phi) is 4.88. The zero-order valence-electron chi connectivity index (χ0n) is 15.2. The molecule has 0 radical (unpaired) electrons. The van der Waals surface area contributed by atoms with Crippen LogP contribution in [-0.2, 0) is 5.41 Å². The van der Waals surface area contributed by atoms with Gasteiger partial charge < -0.3 is 20.5 Å². The highest BCUT2D eigenvalue weighted by Gasteiger charge is 2.38. The first-order chi connectivity index (χ1) is 13.1. The number of fused-ring (bicyclic) bond motifs is 1. The van der Waals surface area contributed by atoms with Gasteiger partial charge in [0, 0.05) is 23.6 Å². The number of halogens is 1. The fraction of sp³-hybridized carbons (Fsp3) is 0.381. The first kappa shape index (κ1) is 17.6. The Morgan fingerprint density at radius 3 is 2.48 bits per heavy atom. The minimum absolute atomic E-state index is 0.0370. The van der Waals surface area contributed by atoms with E-state index in [2.05, 4.69) is 10.3 Å². The summed E-state index contributed by atoms with van der Waals surface area (Å²) in [6.07, 6.45) is 4.10. The first-order valence-electron chi connectivity index (χ1n) is 9.37. The summed E-state index contributed by atoms with van der Waals surface area (Å²) in [6, 6.07) is 12.4. The Labute approximate surface area is 158 Å². The molecule has 0 saturated heterocycles. The number of rotatable bonds is 4. The molecular weight excluding hydrogens is 345 g/mol. The molecule has 1 saturated carbocycles. The molecule has 4 rings (SSSR count). The highest BCUT2D eigenvalue weighted by atomic mass is 19.1. The van der Waals surface area contributed by atoms with Gasteiger partial charge in [-0.3, -0.25) is 4.99 Å². The van der Waals surface area contributed by atoms with Crippen LogP contribution in [0, 0.1) is 5.82 Å². The van der Waals surface area contributed by atoms with Gasteiger partial charge in [-0.05, 0) is 42.7 Å². The molecular formula is C21H24FN3O2. The topological polar surface area (TPSA) is 68.9 Å². The van der Waals surface area contributed by atoms with Gasteiger partial charge in [0.2, 0.25) is 0 Å². The monoisotopic (exact) mass is 369 g/mol. The van der Waals surface area contributed by atoms with E-state index in [1.165, 1.54) is 12.1 Å². The maximum Gasteiger partial charge on any atom is 0.193 e. The molecule has 1 aliphatic carbocycles. The average Bonchev–Trinajstić information content (AvgIpc) is 2.87. The number of aliphatic imine (C=N–C) groups is 1. The van der Waals surface area contributed by atoms with Crippen LogP contribution in [0.5, 0.6) is 11.5 Å². The van der Waals surface area contributed by atoms with Crippen molar-refractivity contribution in [3.8, 4) is 11.5 Å². The van der Waals surface area contributed by atoms with Crippen molar-refractivity contribution in [2.45, 2.75) is 31.1 Å². The summed E-state index contributed by atoms with van der Waals surface area (Å²) >= 11 is 0. The number of nitrogens with two attached hydrogens (primary N) is 1. The van der Waals surface area contributed by atoms with E-state index in [4.69, 9.17) is 15.2 Å². The van der Waals surface area contributed by atoms with Crippen molar-refractivity contribution in [1.29, 1.82) is 0 Å². The van der Waals surface area contributed by atoms with Gasteiger partial charge in [0.25, 0.3) is 0 Å². The van der Waals surface area contributed by atoms with Gasteiger partial charge in [-0.15, -0.1) is 0 Å². The number of anilines is 1. The normalized spacial score (nSPS) is 18.3. The minimum Gasteiger partial charge on any atom is -0.490 e. The molecule has 2 aromatic rings. The lowest BCUT2D eigenvalue weighted by molar-refractivity contribution is 0.253. The highest BCUT2D eigenvalue weighted by molar-refractivity contribution is 5.92. The van der Waals surface area contributed by atoms with Crippen LogP contribution in [0.1, 0.15) is 31.2 Å². The molecule has 0 bridgehead atoms. The smallest absolute Gasteiger partial charge is 0.193 e. The zero-order valence-corrected chi connectivity index (χ0v) is 15.2. The predicted molar refractivity (Wildman–Crippen MR) is 104 cm³/mol. The summed E-state index contributed by atoms with van der Waals surface area (Å²) in [5.74, 6) is 1.61. The van der Waals surface area contributed by atoms with Crippen LogP contribution in [0.4, 0.5) is 10.1 Å². The third-order valence-electron chi connectivity index (χ3n) is 5.34. The largest absolute Gasteiger partial charge is 0.490 e. The Balaban J connectivity index is 1.45. The molecule has 5 nitrogen and oxygen atoms in total. The van der Waals surface area contributed by atoms with Crippen LogP contribution in [0.25, 0.3) is 0 Å². The molecule has 3 N–H and O–H groups in total. The highest BCUT2D eigenvalue weighted by Crippen LogP contribution is 2.44. The number of guanidine groups is 1. The standard InChI is InChI=1S/C21H24FN3O2/c22-16-5-3-15(4-6-16)21(9-1-10-21)14-24-20(23)25-17-7-8-18-19(13-17)27-12-2-11-26-18/h3-8,13H,1-2,9-12,14H2,(H3,23,24,25). The molecule has 2 aromatic carbocycles. The van der Waals surface area contributed by atoms with Gasteiger partial charge in [0.15, 0.2) is 17.5 Å². The molecule has 6 heteroatoms. The summed E-state index contributed by atoms with van der Waals surface area (Å²) in [5.41, 5.74) is 8.01. The van der Waals surface area contributed by atoms with Gasteiger partial charge >= 0.3 is 0 Å². The first-order valence-corrected chi connectivity index (χ1v) is 9.37. The van der Waals surface area contributed by atoms with E-state index in [1.807, 2.05) is 30.3 Å². The molecule has 0 atom stereocenters. The van der Waals surface area contributed by atoms with Crippen LogP contribution in [0.3, 0.4) is 0 Å². The number of ether oxygens (including phenoxy) is 2. The average molecular weight is 369 g/mol. The van der Waals surface area contributed by atoms with Gasteiger partial charge in [-0.25, -0.2) is 4.39 Å². The van der Waals surface area contributed by atoms with Crippen molar-refractivity contribution in [1.82, 2.24) is 0 Å². The quantitative estimate of drug-likeness (QED) is 0.635. The molecule has 0 unspecified atom stereocenters. The summed E-state index contributed by atoms with van der Waals surface area (Å²) in [4.78, 5) is 4.56. The molecule has 0 aromatic heterocycles. The summed E-state index contributed by atoms with van der Waals surface area (Å²) in [5, 5.41) is 3.13. The van der Waals surface area contributed by atoms with Crippen LogP contribution < -0.4 is 20.5 Å². The Morgan fingerprint density at radius 1 is 1.04 bits per heavy atom. The Morgan fingerprint density at radius 2 is 1.78 bits per heavy atom. The third-order valence-corrected chi connectivity index (χ3v) is 5.34. The molecule has 2 aliphatic rings. The third kappa shape index (κ3) is 3.84. The van der Waals surface area contributed by atoms with Crippen molar-refractivity contribution in [2.24, 2.45) is 10.7 Å². The lowest BCUT2D eigenvalue weighted by Crippen LogP contribution is -2.38. The Hall–Kier alpha value is -2.76. The predicted octanol–water partition coefficient (Wildman–Crippen LogP) is 3.84. The van der Waals surface area contributed by atoms with Crippen LogP contribution >= 0.6 is 0 Å². The van der Waals surface area contributed by atoms with Gasteiger partial charge in [-0.2, -0.15) is 0 Å². The second-order valence-corrected chi connectivity index (χ2v) is 7.18. The number of hydrogen-bond donors (Lipinski definition) is 2. The lowest BCUT2D eigenvalue weighted by Gasteiger charge is -2.41. The number of nitrogens with one attached hydrogen (secondary N) is 1. The molecule has 1 aliphatic heterocycles. The Bertz CT molecular complexity index is 832. The van der Waals surface area contributed by atoms with Crippen molar-refractivity contribution >= 4 is 11.6 Å². The lowest BCUT2D eigenvalue weighted by atomic mass is 9.64. The van der Waals surface area contributed by atoms with E-state index in [0.717, 1.165) is 42.7 Å². The minimum atomic E-state index is -0.215. The maximum atomic E-state index is 13.2. The summed E-state index contributed by atoms with van der Waals surface area (Å²) in [7, 11) is 0. The second kappa shape index (κ2) is 7.47. The number of benzene rings is 2. The van der Waals surface area contributed by atoms with E-state index in [1.54, 1.807) is 0 Å². The summed E-state index contributed by atoms with van der Waals surface area (Å²) < 4.78 is 24.6. The molecule has 27 heavy (non-hydrogen) atoms. The van der Waals surface area contributed by atoms with E-state index in [-0.39, 0.29) is 11.2 Å². The van der Waals surface area contributed by atoms with E-state index in [9.17, 15) is 4.39 Å².